The third kappa shape index (κ3) is 2.38. The number of nitrogens with one attached hydrogen (secondary N) is 1. The number of fused-ring (bicyclic) bond motifs is 1. The van der Waals surface area contributed by atoms with Gasteiger partial charge in [0.1, 0.15) is 5.75 Å². The number of aryl methyl sites for hydroxylation is 1. The largest absolute Gasteiger partial charge is 0.507 e. The summed E-state index contributed by atoms with van der Waals surface area (Å²) in [5.74, 6) is -0.272. The van der Waals surface area contributed by atoms with Gasteiger partial charge < -0.3 is 5.11 Å². The summed E-state index contributed by atoms with van der Waals surface area (Å²) in [4.78, 5) is 11.4. The van der Waals surface area contributed by atoms with Crippen LogP contribution in [0.25, 0.3) is 16.5 Å². The summed E-state index contributed by atoms with van der Waals surface area (Å²) < 4.78 is 32.9. The van der Waals surface area contributed by atoms with E-state index in [2.05, 4.69) is 5.10 Å². The molecule has 0 aliphatic rings. The van der Waals surface area contributed by atoms with E-state index >= 15 is 0 Å². The van der Waals surface area contributed by atoms with Gasteiger partial charge in [-0.15, -0.1) is 0 Å². The number of aromatic amines is 1. The first kappa shape index (κ1) is 14.4. The van der Waals surface area contributed by atoms with E-state index in [1.54, 1.807) is 25.1 Å². The summed E-state index contributed by atoms with van der Waals surface area (Å²) in [5, 5.41) is 13.5. The topological polar surface area (TPSA) is 112 Å². The Hall–Kier alpha value is -2.58. The van der Waals surface area contributed by atoms with Gasteiger partial charge in [-0.25, -0.2) is 4.68 Å². The van der Waals surface area contributed by atoms with E-state index in [1.807, 2.05) is 0 Å². The smallest absolute Gasteiger partial charge is 0.294 e. The molecule has 7 nitrogen and oxygen atoms in total. The van der Waals surface area contributed by atoms with Gasteiger partial charge in [0.2, 0.25) is 0 Å². The molecule has 0 saturated carbocycles. The lowest BCUT2D eigenvalue weighted by Crippen LogP contribution is -2.13. The molecule has 1 heterocycles. The number of benzene rings is 2. The Balaban J connectivity index is 2.29. The lowest BCUT2D eigenvalue weighted by atomic mass is 10.1. The Labute approximate surface area is 125 Å². The van der Waals surface area contributed by atoms with Gasteiger partial charge in [0.25, 0.3) is 15.7 Å². The molecule has 3 N–H and O–H groups in total. The van der Waals surface area contributed by atoms with Crippen molar-refractivity contribution in [3.05, 3.63) is 52.4 Å². The second kappa shape index (κ2) is 4.72. The molecule has 0 saturated heterocycles. The average molecular weight is 320 g/mol. The molecule has 0 unspecified atom stereocenters. The molecule has 0 atom stereocenters. The molecule has 3 aromatic rings. The second-order valence-electron chi connectivity index (χ2n) is 4.94. The molecule has 0 amide bonds. The minimum absolute atomic E-state index is 0.257. The molecule has 0 fully saturated rings. The van der Waals surface area contributed by atoms with Crippen LogP contribution in [0.1, 0.15) is 5.69 Å². The molecular weight excluding hydrogens is 308 g/mol. The highest BCUT2D eigenvalue weighted by atomic mass is 32.2. The maximum absolute atomic E-state index is 11.8. The minimum Gasteiger partial charge on any atom is -0.507 e. The van der Waals surface area contributed by atoms with Crippen LogP contribution >= 0.6 is 0 Å². The maximum atomic E-state index is 11.8. The van der Waals surface area contributed by atoms with Crippen LogP contribution in [0.15, 0.2) is 46.1 Å². The highest BCUT2D eigenvalue weighted by Gasteiger charge is 2.14. The summed E-state index contributed by atoms with van der Waals surface area (Å²) in [6.07, 6.45) is 0. The molecule has 0 spiro atoms. The number of aromatic hydroxyl groups is 1. The molecular formula is C14H12N2O5S. The fraction of sp³-hybridized carbons (Fsp3) is 0.0714. The Kier molecular flexibility index (Phi) is 3.08. The lowest BCUT2D eigenvalue weighted by Gasteiger charge is -2.07. The van der Waals surface area contributed by atoms with Gasteiger partial charge in [-0.3, -0.25) is 14.4 Å². The molecule has 8 heteroatoms. The normalized spacial score (nSPS) is 11.9. The highest BCUT2D eigenvalue weighted by molar-refractivity contribution is 7.85. The number of hydrogen-bond donors (Lipinski definition) is 3. The molecule has 0 radical (unpaired) electrons. The van der Waals surface area contributed by atoms with Crippen LogP contribution in [-0.2, 0) is 10.1 Å². The van der Waals surface area contributed by atoms with Crippen molar-refractivity contribution >= 4 is 20.9 Å². The zero-order valence-corrected chi connectivity index (χ0v) is 12.3. The number of H-pyrrole nitrogens is 1. The monoisotopic (exact) mass is 320 g/mol. The summed E-state index contributed by atoms with van der Waals surface area (Å²) in [6, 6.07) is 8.36. The van der Waals surface area contributed by atoms with Crippen LogP contribution in [0.3, 0.4) is 0 Å². The van der Waals surface area contributed by atoms with E-state index in [0.29, 0.717) is 22.2 Å². The SMILES string of the molecule is Cc1cc(=O)n(-c2ccc3c(O)cc(S(=O)(=O)O)cc3c2)[nH]1. The number of aromatic nitrogens is 2. The minimum atomic E-state index is -4.43. The van der Waals surface area contributed by atoms with Crippen LogP contribution in [-0.4, -0.2) is 27.9 Å². The number of nitrogens with zero attached hydrogens (tertiary/aromatic N) is 1. The van der Waals surface area contributed by atoms with Crippen LogP contribution in [0.5, 0.6) is 5.75 Å². The average Bonchev–Trinajstić information content (AvgIpc) is 2.76. The van der Waals surface area contributed by atoms with E-state index in [4.69, 9.17) is 4.55 Å². The van der Waals surface area contributed by atoms with E-state index in [1.165, 1.54) is 16.8 Å². The summed E-state index contributed by atoms with van der Waals surface area (Å²) in [7, 11) is -4.43. The molecule has 3 rings (SSSR count). The molecule has 0 aliphatic carbocycles. The maximum Gasteiger partial charge on any atom is 0.294 e. The van der Waals surface area contributed by atoms with Crippen molar-refractivity contribution in [2.75, 3.05) is 0 Å². The highest BCUT2D eigenvalue weighted by Crippen LogP contribution is 2.29. The lowest BCUT2D eigenvalue weighted by molar-refractivity contribution is 0.471. The predicted octanol–water partition coefficient (Wildman–Crippen LogP) is 1.58. The van der Waals surface area contributed by atoms with Crippen LogP contribution < -0.4 is 5.56 Å². The van der Waals surface area contributed by atoms with Crippen LogP contribution in [0.4, 0.5) is 0 Å². The Morgan fingerprint density at radius 3 is 2.45 bits per heavy atom. The molecule has 0 bridgehead atoms. The van der Waals surface area contributed by atoms with Crippen molar-refractivity contribution in [2.24, 2.45) is 0 Å². The third-order valence-electron chi connectivity index (χ3n) is 3.29. The van der Waals surface area contributed by atoms with Gasteiger partial charge in [-0.1, -0.05) is 0 Å². The van der Waals surface area contributed by atoms with Gasteiger partial charge in [-0.2, -0.15) is 8.42 Å². The number of rotatable bonds is 2. The van der Waals surface area contributed by atoms with Crippen molar-refractivity contribution in [3.8, 4) is 11.4 Å². The number of phenols is 1. The fourth-order valence-corrected chi connectivity index (χ4v) is 2.84. The van der Waals surface area contributed by atoms with Crippen molar-refractivity contribution in [1.29, 1.82) is 0 Å². The van der Waals surface area contributed by atoms with E-state index < -0.39 is 15.0 Å². The van der Waals surface area contributed by atoms with Gasteiger partial charge in [0, 0.05) is 23.2 Å². The summed E-state index contributed by atoms with van der Waals surface area (Å²) in [5.41, 5.74) is 0.907. The summed E-state index contributed by atoms with van der Waals surface area (Å²) in [6.45, 7) is 1.74. The number of hydrogen-bond acceptors (Lipinski definition) is 4. The first-order valence-electron chi connectivity index (χ1n) is 6.29. The van der Waals surface area contributed by atoms with Crippen LogP contribution in [0, 0.1) is 6.92 Å². The Morgan fingerprint density at radius 1 is 1.14 bits per heavy atom. The first-order valence-corrected chi connectivity index (χ1v) is 7.73. The Bertz CT molecular complexity index is 1050. The van der Waals surface area contributed by atoms with Crippen molar-refractivity contribution in [1.82, 2.24) is 9.78 Å². The molecule has 1 aromatic heterocycles. The van der Waals surface area contributed by atoms with Crippen molar-refractivity contribution in [3.63, 3.8) is 0 Å². The van der Waals surface area contributed by atoms with Crippen LogP contribution in [0.2, 0.25) is 0 Å². The first-order chi connectivity index (χ1) is 10.3. The molecule has 114 valence electrons. The van der Waals surface area contributed by atoms with E-state index in [0.717, 1.165) is 6.07 Å². The third-order valence-corrected chi connectivity index (χ3v) is 4.12. The van der Waals surface area contributed by atoms with Gasteiger partial charge >= 0.3 is 0 Å². The fourth-order valence-electron chi connectivity index (χ4n) is 2.30. The molecule has 22 heavy (non-hydrogen) atoms. The van der Waals surface area contributed by atoms with Gasteiger partial charge in [-0.05, 0) is 36.6 Å². The second-order valence-corrected chi connectivity index (χ2v) is 6.36. The van der Waals surface area contributed by atoms with Gasteiger partial charge in [0.05, 0.1) is 10.6 Å². The Morgan fingerprint density at radius 2 is 1.86 bits per heavy atom. The van der Waals surface area contributed by atoms with E-state index in [-0.39, 0.29) is 11.3 Å². The predicted molar refractivity (Wildman–Crippen MR) is 80.1 cm³/mol. The molecule has 0 aliphatic heterocycles. The standard InChI is InChI=1S/C14H12N2O5S/c1-8-4-14(18)16(15-8)10-2-3-12-9(5-10)6-11(7-13(12)17)22(19,20)21/h2-7,15,17H,1H3,(H,19,20,21). The van der Waals surface area contributed by atoms with Crippen molar-refractivity contribution in [2.45, 2.75) is 11.8 Å². The molecule has 2 aromatic carbocycles. The van der Waals surface area contributed by atoms with Gasteiger partial charge in [0.15, 0.2) is 0 Å². The summed E-state index contributed by atoms with van der Waals surface area (Å²) >= 11 is 0. The van der Waals surface area contributed by atoms with Crippen molar-refractivity contribution < 1.29 is 18.1 Å². The van der Waals surface area contributed by atoms with E-state index in [9.17, 15) is 18.3 Å². The zero-order chi connectivity index (χ0) is 16.1. The zero-order valence-electron chi connectivity index (χ0n) is 11.4. The quantitative estimate of drug-likeness (QED) is 0.621. The number of phenolic OH excluding ortho intramolecular Hbond substituents is 1.